The normalized spacial score (nSPS) is 20.6. The van der Waals surface area contributed by atoms with Crippen molar-refractivity contribution in [2.75, 3.05) is 19.0 Å². The minimum Gasteiger partial charge on any atom is -0.487 e. The van der Waals surface area contributed by atoms with E-state index in [-0.39, 0.29) is 6.10 Å². The van der Waals surface area contributed by atoms with Crippen LogP contribution in [0.3, 0.4) is 0 Å². The van der Waals surface area contributed by atoms with Crippen molar-refractivity contribution in [3.8, 4) is 5.75 Å². The van der Waals surface area contributed by atoms with Gasteiger partial charge in [0.1, 0.15) is 18.0 Å². The van der Waals surface area contributed by atoms with E-state index < -0.39 is 6.10 Å². The molecule has 2 unspecified atom stereocenters. The lowest BCUT2D eigenvalue weighted by Crippen LogP contribution is -2.21. The van der Waals surface area contributed by atoms with Crippen LogP contribution >= 0.6 is 0 Å². The number of benzene rings is 2. The van der Waals surface area contributed by atoms with Crippen molar-refractivity contribution in [1.82, 2.24) is 0 Å². The van der Waals surface area contributed by atoms with Crippen LogP contribution in [0.25, 0.3) is 0 Å². The number of anilines is 1. The average Bonchev–Trinajstić information content (AvgIpc) is 2.76. The third-order valence-corrected chi connectivity index (χ3v) is 3.77. The Hall–Kier alpha value is -2.00. The molecular weight excluding hydrogens is 250 g/mol. The molecule has 3 heteroatoms. The van der Waals surface area contributed by atoms with Crippen LogP contribution < -0.4 is 9.64 Å². The summed E-state index contributed by atoms with van der Waals surface area (Å²) in [5.74, 6) is 0.799. The smallest absolute Gasteiger partial charge is 0.133 e. The molecule has 0 amide bonds. The van der Waals surface area contributed by atoms with Crippen molar-refractivity contribution in [2.45, 2.75) is 18.6 Å². The third-order valence-electron chi connectivity index (χ3n) is 3.77. The fraction of sp³-hybridized carbons (Fsp3) is 0.294. The lowest BCUT2D eigenvalue weighted by Gasteiger charge is -2.19. The number of rotatable bonds is 3. The molecule has 1 N–H and O–H groups in total. The van der Waals surface area contributed by atoms with Crippen molar-refractivity contribution in [1.29, 1.82) is 0 Å². The summed E-state index contributed by atoms with van der Waals surface area (Å²) in [4.78, 5) is 2.03. The molecule has 0 aromatic heterocycles. The van der Waals surface area contributed by atoms with E-state index >= 15 is 0 Å². The molecule has 3 rings (SSSR count). The number of hydrogen-bond acceptors (Lipinski definition) is 3. The van der Waals surface area contributed by atoms with Gasteiger partial charge in [-0.3, -0.25) is 0 Å². The maximum Gasteiger partial charge on any atom is 0.133 e. The Morgan fingerprint density at radius 1 is 1.10 bits per heavy atom. The Bertz CT molecular complexity index is 609. The van der Waals surface area contributed by atoms with Gasteiger partial charge in [-0.1, -0.05) is 30.3 Å². The molecule has 0 radical (unpaired) electrons. The molecule has 2 aromatic rings. The number of aliphatic hydroxyl groups is 1. The van der Waals surface area contributed by atoms with Crippen molar-refractivity contribution < 1.29 is 9.84 Å². The van der Waals surface area contributed by atoms with Crippen LogP contribution in [0.15, 0.2) is 48.5 Å². The molecule has 1 aliphatic rings. The molecule has 0 fully saturated rings. The number of hydrogen-bond donors (Lipinski definition) is 1. The summed E-state index contributed by atoms with van der Waals surface area (Å²) < 4.78 is 5.98. The lowest BCUT2D eigenvalue weighted by molar-refractivity contribution is 0.0494. The van der Waals surface area contributed by atoms with Gasteiger partial charge in [0.15, 0.2) is 0 Å². The van der Waals surface area contributed by atoms with Gasteiger partial charge in [-0.2, -0.15) is 0 Å². The molecule has 2 atom stereocenters. The fourth-order valence-electron chi connectivity index (χ4n) is 2.65. The van der Waals surface area contributed by atoms with Gasteiger partial charge in [0.25, 0.3) is 0 Å². The molecule has 3 nitrogen and oxygen atoms in total. The Balaban J connectivity index is 1.78. The van der Waals surface area contributed by atoms with Crippen molar-refractivity contribution in [3.05, 3.63) is 59.7 Å². The van der Waals surface area contributed by atoms with Crippen LogP contribution in [0.2, 0.25) is 0 Å². The lowest BCUT2D eigenvalue weighted by atomic mass is 10.1. The van der Waals surface area contributed by atoms with Gasteiger partial charge in [-0.15, -0.1) is 0 Å². The van der Waals surface area contributed by atoms with Crippen LogP contribution in [0.1, 0.15) is 17.2 Å². The predicted molar refractivity (Wildman–Crippen MR) is 80.3 cm³/mol. The molecule has 20 heavy (non-hydrogen) atoms. The number of nitrogens with zero attached hydrogens (tertiary/aromatic N) is 1. The van der Waals surface area contributed by atoms with Crippen molar-refractivity contribution in [2.24, 2.45) is 0 Å². The second-order valence-electron chi connectivity index (χ2n) is 5.40. The van der Waals surface area contributed by atoms with Crippen molar-refractivity contribution >= 4 is 5.69 Å². The van der Waals surface area contributed by atoms with Crippen LogP contribution in [0.5, 0.6) is 5.75 Å². The Morgan fingerprint density at radius 2 is 1.90 bits per heavy atom. The van der Waals surface area contributed by atoms with Gasteiger partial charge in [0.05, 0.1) is 0 Å². The van der Waals surface area contributed by atoms with E-state index in [0.29, 0.717) is 0 Å². The van der Waals surface area contributed by atoms with E-state index in [9.17, 15) is 5.11 Å². The number of aliphatic hydroxyl groups excluding tert-OH is 1. The van der Waals surface area contributed by atoms with Gasteiger partial charge in [-0.05, 0) is 23.3 Å². The molecule has 0 heterocycles. The fourth-order valence-corrected chi connectivity index (χ4v) is 2.65. The van der Waals surface area contributed by atoms with Crippen LogP contribution in [-0.4, -0.2) is 25.3 Å². The summed E-state index contributed by atoms with van der Waals surface area (Å²) in [5.41, 5.74) is 3.25. The van der Waals surface area contributed by atoms with Crippen LogP contribution in [0, 0.1) is 0 Å². The van der Waals surface area contributed by atoms with Gasteiger partial charge >= 0.3 is 0 Å². The van der Waals surface area contributed by atoms with Crippen LogP contribution in [0.4, 0.5) is 5.69 Å². The zero-order chi connectivity index (χ0) is 14.1. The van der Waals surface area contributed by atoms with Gasteiger partial charge in [-0.25, -0.2) is 0 Å². The second kappa shape index (κ2) is 5.17. The van der Waals surface area contributed by atoms with Gasteiger partial charge in [0, 0.05) is 32.3 Å². The SMILES string of the molecule is CN(C)c1cccc(OC2Cc3ccccc3C2O)c1. The highest BCUT2D eigenvalue weighted by Crippen LogP contribution is 2.34. The zero-order valence-corrected chi connectivity index (χ0v) is 11.8. The largest absolute Gasteiger partial charge is 0.487 e. The molecular formula is C17H19NO2. The first kappa shape index (κ1) is 13.0. The molecule has 0 saturated carbocycles. The molecule has 0 bridgehead atoms. The quantitative estimate of drug-likeness (QED) is 0.930. The summed E-state index contributed by atoms with van der Waals surface area (Å²) in [7, 11) is 4.00. The zero-order valence-electron chi connectivity index (χ0n) is 11.8. The Morgan fingerprint density at radius 3 is 2.65 bits per heavy atom. The minimum absolute atomic E-state index is 0.204. The molecule has 1 aliphatic carbocycles. The highest BCUT2D eigenvalue weighted by molar-refractivity contribution is 5.49. The molecule has 104 valence electrons. The molecule has 0 aliphatic heterocycles. The van der Waals surface area contributed by atoms with Crippen LogP contribution in [-0.2, 0) is 6.42 Å². The summed E-state index contributed by atoms with van der Waals surface area (Å²) in [5, 5.41) is 10.3. The van der Waals surface area contributed by atoms with E-state index in [1.807, 2.05) is 61.5 Å². The summed E-state index contributed by atoms with van der Waals surface area (Å²) in [6.07, 6.45) is 0.00260. The minimum atomic E-state index is -0.547. The number of ether oxygens (including phenoxy) is 1. The summed E-state index contributed by atoms with van der Waals surface area (Å²) >= 11 is 0. The first-order chi connectivity index (χ1) is 9.65. The topological polar surface area (TPSA) is 32.7 Å². The van der Waals surface area contributed by atoms with Gasteiger partial charge < -0.3 is 14.7 Å². The average molecular weight is 269 g/mol. The maximum absolute atomic E-state index is 10.3. The Kier molecular flexibility index (Phi) is 3.36. The first-order valence-electron chi connectivity index (χ1n) is 6.85. The van der Waals surface area contributed by atoms with Crippen molar-refractivity contribution in [3.63, 3.8) is 0 Å². The maximum atomic E-state index is 10.3. The van der Waals surface area contributed by atoms with E-state index in [0.717, 1.165) is 23.4 Å². The van der Waals surface area contributed by atoms with Gasteiger partial charge in [0.2, 0.25) is 0 Å². The first-order valence-corrected chi connectivity index (χ1v) is 6.85. The number of fused-ring (bicyclic) bond motifs is 1. The Labute approximate surface area is 119 Å². The molecule has 2 aromatic carbocycles. The van der Waals surface area contributed by atoms with E-state index in [4.69, 9.17) is 4.74 Å². The third kappa shape index (κ3) is 2.37. The summed E-state index contributed by atoms with van der Waals surface area (Å²) in [6.45, 7) is 0. The standard InChI is InChI=1S/C17H19NO2/c1-18(2)13-7-5-8-14(11-13)20-16-10-12-6-3-4-9-15(12)17(16)19/h3-9,11,16-17,19H,10H2,1-2H3. The van der Waals surface area contributed by atoms with E-state index in [1.165, 1.54) is 5.56 Å². The summed E-state index contributed by atoms with van der Waals surface area (Å²) in [6, 6.07) is 15.9. The molecule has 0 saturated heterocycles. The highest BCUT2D eigenvalue weighted by Gasteiger charge is 2.32. The predicted octanol–water partition coefficient (Wildman–Crippen LogP) is 2.79. The van der Waals surface area contributed by atoms with E-state index in [2.05, 4.69) is 6.07 Å². The molecule has 0 spiro atoms. The monoisotopic (exact) mass is 269 g/mol. The van der Waals surface area contributed by atoms with E-state index in [1.54, 1.807) is 0 Å². The second-order valence-corrected chi connectivity index (χ2v) is 5.40. The highest BCUT2D eigenvalue weighted by atomic mass is 16.5.